The third kappa shape index (κ3) is 4.31. The van der Waals surface area contributed by atoms with Gasteiger partial charge in [-0.3, -0.25) is 4.98 Å². The van der Waals surface area contributed by atoms with Gasteiger partial charge in [0.2, 0.25) is 0 Å². The first-order valence-corrected chi connectivity index (χ1v) is 10.6. The molecule has 0 N–H and O–H groups in total. The minimum atomic E-state index is 0.886. The molecule has 0 atom stereocenters. The summed E-state index contributed by atoms with van der Waals surface area (Å²) in [5, 5.41) is 0. The molecular formula is C30H23N. The maximum atomic E-state index is 4.69. The van der Waals surface area contributed by atoms with Gasteiger partial charge in [0, 0.05) is 11.8 Å². The van der Waals surface area contributed by atoms with Gasteiger partial charge in [-0.1, -0.05) is 103 Å². The minimum Gasteiger partial charge on any atom is -0.256 e. The molecule has 1 heterocycles. The molecule has 0 saturated carbocycles. The molecule has 0 aliphatic carbocycles. The van der Waals surface area contributed by atoms with Crippen LogP contribution >= 0.6 is 0 Å². The Morgan fingerprint density at radius 2 is 1.13 bits per heavy atom. The molecule has 0 spiro atoms. The van der Waals surface area contributed by atoms with E-state index in [-0.39, 0.29) is 0 Å². The number of rotatable bonds is 5. The van der Waals surface area contributed by atoms with Crippen molar-refractivity contribution >= 4 is 0 Å². The molecule has 1 nitrogen and oxygen atoms in total. The maximum Gasteiger partial charge on any atom is 0.0708 e. The molecule has 0 radical (unpaired) electrons. The Morgan fingerprint density at radius 1 is 0.484 bits per heavy atom. The van der Waals surface area contributed by atoms with Gasteiger partial charge in [0.05, 0.1) is 5.69 Å². The van der Waals surface area contributed by atoms with Crippen molar-refractivity contribution in [2.24, 2.45) is 0 Å². The molecular weight excluding hydrogens is 374 g/mol. The first-order valence-electron chi connectivity index (χ1n) is 10.6. The van der Waals surface area contributed by atoms with E-state index in [1.54, 1.807) is 0 Å². The van der Waals surface area contributed by atoms with E-state index in [1.807, 2.05) is 12.3 Å². The summed E-state index contributed by atoms with van der Waals surface area (Å²) < 4.78 is 0. The van der Waals surface area contributed by atoms with Crippen LogP contribution in [0.1, 0.15) is 11.1 Å². The fourth-order valence-electron chi connectivity index (χ4n) is 4.01. The van der Waals surface area contributed by atoms with Crippen molar-refractivity contribution in [2.75, 3.05) is 0 Å². The van der Waals surface area contributed by atoms with E-state index in [4.69, 9.17) is 0 Å². The second-order valence-electron chi connectivity index (χ2n) is 7.70. The Morgan fingerprint density at radius 3 is 1.84 bits per heavy atom. The smallest absolute Gasteiger partial charge is 0.0708 e. The van der Waals surface area contributed by atoms with Gasteiger partial charge in [0.1, 0.15) is 0 Å². The van der Waals surface area contributed by atoms with Gasteiger partial charge in [-0.2, -0.15) is 0 Å². The molecule has 1 heteroatoms. The quantitative estimate of drug-likeness (QED) is 0.296. The highest BCUT2D eigenvalue weighted by atomic mass is 14.7. The fourth-order valence-corrected chi connectivity index (χ4v) is 4.01. The van der Waals surface area contributed by atoms with Gasteiger partial charge in [0.25, 0.3) is 0 Å². The number of benzene rings is 4. The van der Waals surface area contributed by atoms with Crippen LogP contribution < -0.4 is 0 Å². The summed E-state index contributed by atoms with van der Waals surface area (Å²) in [7, 11) is 0. The van der Waals surface area contributed by atoms with Gasteiger partial charge in [0.15, 0.2) is 0 Å². The maximum absolute atomic E-state index is 4.69. The van der Waals surface area contributed by atoms with Crippen LogP contribution in [-0.2, 0) is 6.42 Å². The third-order valence-electron chi connectivity index (χ3n) is 5.59. The normalized spacial score (nSPS) is 10.7. The Labute approximate surface area is 183 Å². The number of hydrogen-bond donors (Lipinski definition) is 0. The van der Waals surface area contributed by atoms with Crippen LogP contribution in [0.5, 0.6) is 0 Å². The lowest BCUT2D eigenvalue weighted by Crippen LogP contribution is -1.94. The fraction of sp³-hybridized carbons (Fsp3) is 0.0333. The van der Waals surface area contributed by atoms with Crippen LogP contribution in [0, 0.1) is 0 Å². The van der Waals surface area contributed by atoms with Crippen LogP contribution in [0.3, 0.4) is 0 Å². The molecule has 148 valence electrons. The first kappa shape index (κ1) is 19.0. The predicted octanol–water partition coefficient (Wildman–Crippen LogP) is 7.67. The largest absolute Gasteiger partial charge is 0.256 e. The molecule has 0 aliphatic heterocycles. The number of pyridine rings is 1. The Kier molecular flexibility index (Phi) is 5.40. The van der Waals surface area contributed by atoms with Crippen LogP contribution in [0.4, 0.5) is 0 Å². The lowest BCUT2D eigenvalue weighted by molar-refractivity contribution is 1.19. The zero-order valence-corrected chi connectivity index (χ0v) is 17.3. The predicted molar refractivity (Wildman–Crippen MR) is 130 cm³/mol. The standard InChI is InChI=1S/C30H23N/c1-4-10-23(11-5-1)20-28-21-27(16-17-29(28)25-14-8-3-9-15-25)30-22-26(18-19-31-30)24-12-6-2-7-13-24/h1-19,21-22H,20H2. The molecule has 0 aliphatic rings. The van der Waals surface area contributed by atoms with E-state index in [2.05, 4.69) is 120 Å². The average Bonchev–Trinajstić information content (AvgIpc) is 2.86. The minimum absolute atomic E-state index is 0.886. The topological polar surface area (TPSA) is 12.9 Å². The number of aromatic nitrogens is 1. The number of nitrogens with zero attached hydrogens (tertiary/aromatic N) is 1. The van der Waals surface area contributed by atoms with E-state index >= 15 is 0 Å². The van der Waals surface area contributed by atoms with Crippen molar-refractivity contribution in [1.82, 2.24) is 4.98 Å². The van der Waals surface area contributed by atoms with Crippen molar-refractivity contribution in [3.05, 3.63) is 139 Å². The van der Waals surface area contributed by atoms with Crippen LogP contribution in [0.2, 0.25) is 0 Å². The van der Waals surface area contributed by atoms with E-state index < -0.39 is 0 Å². The van der Waals surface area contributed by atoms with Crippen LogP contribution in [0.25, 0.3) is 33.5 Å². The van der Waals surface area contributed by atoms with E-state index in [0.29, 0.717) is 0 Å². The molecule has 0 unspecified atom stereocenters. The Bertz CT molecular complexity index is 1280. The highest BCUT2D eigenvalue weighted by Crippen LogP contribution is 2.31. The van der Waals surface area contributed by atoms with Crippen LogP contribution in [-0.4, -0.2) is 4.98 Å². The highest BCUT2D eigenvalue weighted by Gasteiger charge is 2.10. The molecule has 4 aromatic carbocycles. The summed E-state index contributed by atoms with van der Waals surface area (Å²) in [6.07, 6.45) is 2.79. The van der Waals surface area contributed by atoms with Gasteiger partial charge >= 0.3 is 0 Å². The summed E-state index contributed by atoms with van der Waals surface area (Å²) in [5.74, 6) is 0. The van der Waals surface area contributed by atoms with Gasteiger partial charge < -0.3 is 0 Å². The SMILES string of the molecule is c1ccc(Cc2cc(-c3cc(-c4ccccc4)ccn3)ccc2-c2ccccc2)cc1. The average molecular weight is 398 g/mol. The van der Waals surface area contributed by atoms with Gasteiger partial charge in [-0.15, -0.1) is 0 Å². The summed E-state index contributed by atoms with van der Waals surface area (Å²) in [6, 6.07) is 42.7. The molecule has 0 saturated heterocycles. The Hall–Kier alpha value is -3.97. The highest BCUT2D eigenvalue weighted by molar-refractivity contribution is 5.75. The lowest BCUT2D eigenvalue weighted by Gasteiger charge is -2.13. The number of hydrogen-bond acceptors (Lipinski definition) is 1. The van der Waals surface area contributed by atoms with Crippen molar-refractivity contribution in [2.45, 2.75) is 6.42 Å². The molecule has 0 amide bonds. The molecule has 0 fully saturated rings. The van der Waals surface area contributed by atoms with Crippen molar-refractivity contribution in [3.63, 3.8) is 0 Å². The Balaban J connectivity index is 1.58. The zero-order valence-electron chi connectivity index (χ0n) is 17.3. The summed E-state index contributed by atoms with van der Waals surface area (Å²) in [6.45, 7) is 0. The molecule has 1 aromatic heterocycles. The summed E-state index contributed by atoms with van der Waals surface area (Å²) >= 11 is 0. The van der Waals surface area contributed by atoms with Gasteiger partial charge in [-0.05, 0) is 58.0 Å². The lowest BCUT2D eigenvalue weighted by atomic mass is 9.92. The molecule has 5 rings (SSSR count). The zero-order chi connectivity index (χ0) is 20.9. The molecule has 5 aromatic rings. The molecule has 31 heavy (non-hydrogen) atoms. The van der Waals surface area contributed by atoms with E-state index in [1.165, 1.54) is 33.4 Å². The van der Waals surface area contributed by atoms with Gasteiger partial charge in [-0.25, -0.2) is 0 Å². The second kappa shape index (κ2) is 8.81. The summed E-state index contributed by atoms with van der Waals surface area (Å²) in [4.78, 5) is 4.69. The summed E-state index contributed by atoms with van der Waals surface area (Å²) in [5.41, 5.74) is 9.65. The monoisotopic (exact) mass is 397 g/mol. The third-order valence-corrected chi connectivity index (χ3v) is 5.59. The second-order valence-corrected chi connectivity index (χ2v) is 7.70. The van der Waals surface area contributed by atoms with Crippen molar-refractivity contribution in [1.29, 1.82) is 0 Å². The van der Waals surface area contributed by atoms with E-state index in [0.717, 1.165) is 17.7 Å². The van der Waals surface area contributed by atoms with Crippen molar-refractivity contribution in [3.8, 4) is 33.5 Å². The van der Waals surface area contributed by atoms with E-state index in [9.17, 15) is 0 Å². The molecule has 0 bridgehead atoms. The van der Waals surface area contributed by atoms with Crippen molar-refractivity contribution < 1.29 is 0 Å². The van der Waals surface area contributed by atoms with Crippen LogP contribution in [0.15, 0.2) is 128 Å². The first-order chi connectivity index (χ1) is 15.4.